The van der Waals surface area contributed by atoms with Gasteiger partial charge in [0.15, 0.2) is 0 Å². The van der Waals surface area contributed by atoms with E-state index in [9.17, 15) is 4.39 Å². The Morgan fingerprint density at radius 2 is 2.15 bits per heavy atom. The Kier molecular flexibility index (Phi) is 8.69. The number of benzene rings is 1. The second-order valence-corrected chi connectivity index (χ2v) is 5.84. The zero-order chi connectivity index (χ0) is 15.0. The molecule has 0 saturated heterocycles. The Morgan fingerprint density at radius 1 is 1.40 bits per heavy atom. The van der Waals surface area contributed by atoms with Crippen LogP contribution in [0.4, 0.5) is 4.39 Å². The van der Waals surface area contributed by atoms with Crippen molar-refractivity contribution in [2.24, 2.45) is 0 Å². The number of halogens is 3. The third-order valence-electron chi connectivity index (χ3n) is 3.07. The molecule has 1 aromatic carbocycles. The maximum atomic E-state index is 14.3. The first-order valence-electron chi connectivity index (χ1n) is 7.06. The molecular weight excluding hydrogens is 345 g/mol. The minimum atomic E-state index is -0.342. The molecule has 0 aliphatic carbocycles. The molecule has 1 aromatic rings. The summed E-state index contributed by atoms with van der Waals surface area (Å²) in [5.74, 6) is -0.342. The summed E-state index contributed by atoms with van der Waals surface area (Å²) in [6, 6.07) is 3.56. The standard InChI is InChI=1S/C15H22BrClFNO/c1-3-9-19-13(6-5-10-20-4-2)11-7-8-12(16)14(17)15(11)18/h7-8,13,19H,3-6,9-10H2,1-2H3. The monoisotopic (exact) mass is 365 g/mol. The van der Waals surface area contributed by atoms with Gasteiger partial charge in [0, 0.05) is 29.3 Å². The number of hydrogen-bond donors (Lipinski definition) is 1. The minimum Gasteiger partial charge on any atom is -0.382 e. The van der Waals surface area contributed by atoms with Crippen molar-refractivity contribution in [1.29, 1.82) is 0 Å². The molecule has 0 aliphatic rings. The van der Waals surface area contributed by atoms with Crippen molar-refractivity contribution in [1.82, 2.24) is 5.32 Å². The van der Waals surface area contributed by atoms with E-state index in [4.69, 9.17) is 16.3 Å². The van der Waals surface area contributed by atoms with Gasteiger partial charge in [0.1, 0.15) is 5.82 Å². The van der Waals surface area contributed by atoms with Gasteiger partial charge in [0.05, 0.1) is 5.02 Å². The van der Waals surface area contributed by atoms with Gasteiger partial charge in [-0.25, -0.2) is 4.39 Å². The molecule has 0 aliphatic heterocycles. The fraction of sp³-hybridized carbons (Fsp3) is 0.600. The van der Waals surface area contributed by atoms with E-state index >= 15 is 0 Å². The smallest absolute Gasteiger partial charge is 0.147 e. The van der Waals surface area contributed by atoms with E-state index in [1.54, 1.807) is 12.1 Å². The Balaban J connectivity index is 2.78. The first-order chi connectivity index (χ1) is 9.61. The van der Waals surface area contributed by atoms with Gasteiger partial charge in [0.2, 0.25) is 0 Å². The summed E-state index contributed by atoms with van der Waals surface area (Å²) in [6.45, 7) is 6.33. The summed E-state index contributed by atoms with van der Waals surface area (Å²) >= 11 is 9.21. The molecule has 0 fully saturated rings. The summed E-state index contributed by atoms with van der Waals surface area (Å²) in [5.41, 5.74) is 0.628. The molecule has 0 amide bonds. The summed E-state index contributed by atoms with van der Waals surface area (Å²) in [7, 11) is 0. The van der Waals surface area contributed by atoms with Crippen molar-refractivity contribution in [2.45, 2.75) is 39.2 Å². The van der Waals surface area contributed by atoms with Crippen molar-refractivity contribution in [3.8, 4) is 0 Å². The van der Waals surface area contributed by atoms with Gasteiger partial charge < -0.3 is 10.1 Å². The van der Waals surface area contributed by atoms with Crippen LogP contribution in [-0.4, -0.2) is 19.8 Å². The molecule has 0 bridgehead atoms. The molecule has 0 radical (unpaired) electrons. The molecule has 0 aromatic heterocycles. The fourth-order valence-electron chi connectivity index (χ4n) is 2.03. The van der Waals surface area contributed by atoms with E-state index in [0.717, 1.165) is 25.8 Å². The third kappa shape index (κ3) is 5.32. The molecule has 114 valence electrons. The molecule has 0 spiro atoms. The van der Waals surface area contributed by atoms with Crippen LogP contribution in [0.25, 0.3) is 0 Å². The van der Waals surface area contributed by atoms with E-state index in [2.05, 4.69) is 28.2 Å². The highest BCUT2D eigenvalue weighted by Crippen LogP contribution is 2.31. The third-order valence-corrected chi connectivity index (χ3v) is 4.33. The lowest BCUT2D eigenvalue weighted by Crippen LogP contribution is -2.23. The van der Waals surface area contributed by atoms with Gasteiger partial charge in [-0.15, -0.1) is 0 Å². The Hall–Kier alpha value is -0.160. The predicted octanol–water partition coefficient (Wildman–Crippen LogP) is 5.10. The lowest BCUT2D eigenvalue weighted by Gasteiger charge is -2.20. The van der Waals surface area contributed by atoms with Gasteiger partial charge in [0.25, 0.3) is 0 Å². The number of hydrogen-bond acceptors (Lipinski definition) is 2. The second kappa shape index (κ2) is 9.72. The minimum absolute atomic E-state index is 0.0268. The van der Waals surface area contributed by atoms with E-state index in [1.807, 2.05) is 6.92 Å². The van der Waals surface area contributed by atoms with Crippen molar-refractivity contribution >= 4 is 27.5 Å². The van der Waals surface area contributed by atoms with Crippen molar-refractivity contribution < 1.29 is 9.13 Å². The van der Waals surface area contributed by atoms with Crippen LogP contribution in [0.1, 0.15) is 44.7 Å². The molecule has 0 saturated carbocycles. The molecule has 1 rings (SSSR count). The topological polar surface area (TPSA) is 21.3 Å². The van der Waals surface area contributed by atoms with Crippen LogP contribution in [0.2, 0.25) is 5.02 Å². The van der Waals surface area contributed by atoms with Crippen molar-refractivity contribution in [2.75, 3.05) is 19.8 Å². The Bertz CT molecular complexity index is 417. The zero-order valence-electron chi connectivity index (χ0n) is 12.0. The van der Waals surface area contributed by atoms with Crippen LogP contribution >= 0.6 is 27.5 Å². The van der Waals surface area contributed by atoms with Crippen LogP contribution in [-0.2, 0) is 4.74 Å². The molecule has 1 N–H and O–H groups in total. The highest BCUT2D eigenvalue weighted by atomic mass is 79.9. The van der Waals surface area contributed by atoms with Gasteiger partial charge in [-0.1, -0.05) is 24.6 Å². The second-order valence-electron chi connectivity index (χ2n) is 4.61. The normalized spacial score (nSPS) is 12.7. The Morgan fingerprint density at radius 3 is 2.80 bits per heavy atom. The number of rotatable bonds is 9. The summed E-state index contributed by atoms with van der Waals surface area (Å²) in [5, 5.41) is 3.53. The average Bonchev–Trinajstić information content (AvgIpc) is 2.45. The van der Waals surface area contributed by atoms with E-state index < -0.39 is 0 Å². The highest BCUT2D eigenvalue weighted by Gasteiger charge is 2.18. The van der Waals surface area contributed by atoms with E-state index in [-0.39, 0.29) is 16.9 Å². The highest BCUT2D eigenvalue weighted by molar-refractivity contribution is 9.10. The fourth-order valence-corrected chi connectivity index (χ4v) is 2.51. The molecule has 2 nitrogen and oxygen atoms in total. The van der Waals surface area contributed by atoms with Gasteiger partial charge >= 0.3 is 0 Å². The van der Waals surface area contributed by atoms with Crippen LogP contribution in [0, 0.1) is 5.82 Å². The summed E-state index contributed by atoms with van der Waals surface area (Å²) in [6.07, 6.45) is 2.73. The molecule has 0 heterocycles. The number of ether oxygens (including phenoxy) is 1. The lowest BCUT2D eigenvalue weighted by molar-refractivity contribution is 0.140. The zero-order valence-corrected chi connectivity index (χ0v) is 14.4. The van der Waals surface area contributed by atoms with Crippen LogP contribution < -0.4 is 5.32 Å². The SMILES string of the molecule is CCCNC(CCCOCC)c1ccc(Br)c(Cl)c1F. The maximum absolute atomic E-state index is 14.3. The van der Waals surface area contributed by atoms with Crippen LogP contribution in [0.3, 0.4) is 0 Å². The van der Waals surface area contributed by atoms with Crippen LogP contribution in [0.5, 0.6) is 0 Å². The first-order valence-corrected chi connectivity index (χ1v) is 8.23. The molecule has 5 heteroatoms. The van der Waals surface area contributed by atoms with Crippen molar-refractivity contribution in [3.05, 3.63) is 33.0 Å². The van der Waals surface area contributed by atoms with Crippen molar-refractivity contribution in [3.63, 3.8) is 0 Å². The van der Waals surface area contributed by atoms with Gasteiger partial charge in [-0.2, -0.15) is 0 Å². The molecular formula is C15H22BrClFNO. The van der Waals surface area contributed by atoms with Gasteiger partial charge in [-0.3, -0.25) is 0 Å². The molecule has 1 unspecified atom stereocenters. The summed E-state index contributed by atoms with van der Waals surface area (Å²) in [4.78, 5) is 0. The van der Waals surface area contributed by atoms with Gasteiger partial charge in [-0.05, 0) is 54.7 Å². The lowest BCUT2D eigenvalue weighted by atomic mass is 10.0. The average molecular weight is 367 g/mol. The van der Waals surface area contributed by atoms with Crippen LogP contribution in [0.15, 0.2) is 16.6 Å². The molecule has 20 heavy (non-hydrogen) atoms. The molecule has 1 atom stereocenters. The first kappa shape index (κ1) is 17.9. The largest absolute Gasteiger partial charge is 0.382 e. The Labute approximate surface area is 134 Å². The maximum Gasteiger partial charge on any atom is 0.147 e. The number of nitrogens with one attached hydrogen (secondary N) is 1. The van der Waals surface area contributed by atoms with E-state index in [0.29, 0.717) is 23.2 Å². The van der Waals surface area contributed by atoms with E-state index in [1.165, 1.54) is 0 Å². The summed E-state index contributed by atoms with van der Waals surface area (Å²) < 4.78 is 20.2. The quantitative estimate of drug-likeness (QED) is 0.485. The predicted molar refractivity (Wildman–Crippen MR) is 85.9 cm³/mol.